The monoisotopic (exact) mass is 414 g/mol. The number of amides is 1. The summed E-state index contributed by atoms with van der Waals surface area (Å²) in [5.74, 6) is -0.711. The van der Waals surface area contributed by atoms with E-state index in [-0.39, 0.29) is 23.9 Å². The van der Waals surface area contributed by atoms with Crippen molar-refractivity contribution in [1.29, 1.82) is 0 Å². The average molecular weight is 415 g/mol. The average Bonchev–Trinajstić information content (AvgIpc) is 3.15. The largest absolute Gasteiger partial charge is 0.461 e. The Labute approximate surface area is 162 Å². The number of ether oxygens (including phenoxy) is 1. The molecule has 0 aromatic carbocycles. The van der Waals surface area contributed by atoms with Crippen LogP contribution in [0, 0.1) is 13.8 Å². The Morgan fingerprint density at radius 1 is 1.15 bits per heavy atom. The summed E-state index contributed by atoms with van der Waals surface area (Å²) >= 11 is 3.77. The number of nitrogens with one attached hydrogen (secondary N) is 1. The number of thioether (sulfide) groups is 2. The smallest absolute Gasteiger partial charge is 0.355 e. The molecule has 11 heteroatoms. The molecule has 2 heterocycles. The minimum Gasteiger partial charge on any atom is -0.461 e. The quantitative estimate of drug-likeness (QED) is 0.363. The van der Waals surface area contributed by atoms with Gasteiger partial charge >= 0.3 is 5.97 Å². The Morgan fingerprint density at radius 2 is 1.77 bits per heavy atom. The number of aryl methyl sites for hydroxylation is 1. The molecule has 0 atom stereocenters. The summed E-state index contributed by atoms with van der Waals surface area (Å²) in [6, 6.07) is 0. The van der Waals surface area contributed by atoms with Gasteiger partial charge in [0, 0.05) is 11.3 Å². The number of nitrogens with two attached hydrogens (primary N) is 1. The number of aromatic nitrogens is 3. The Bertz CT molecular complexity index is 831. The van der Waals surface area contributed by atoms with Crippen LogP contribution in [0.5, 0.6) is 0 Å². The van der Waals surface area contributed by atoms with Crippen LogP contribution in [-0.2, 0) is 9.53 Å². The number of carbonyl (C=O) groups is 3. The second-order valence-corrected chi connectivity index (χ2v) is 8.57. The molecule has 0 saturated heterocycles. The molecule has 1 amide bonds. The second kappa shape index (κ2) is 9.19. The molecule has 0 aliphatic carbocycles. The molecule has 0 radical (unpaired) electrons. The highest BCUT2D eigenvalue weighted by Gasteiger charge is 2.23. The van der Waals surface area contributed by atoms with E-state index in [1.54, 1.807) is 20.8 Å². The normalized spacial score (nSPS) is 10.7. The lowest BCUT2D eigenvalue weighted by atomic mass is 10.1. The van der Waals surface area contributed by atoms with Gasteiger partial charge in [-0.3, -0.25) is 9.59 Å². The summed E-state index contributed by atoms with van der Waals surface area (Å²) < 4.78 is 6.24. The van der Waals surface area contributed by atoms with Crippen LogP contribution in [0.25, 0.3) is 0 Å². The predicted molar refractivity (Wildman–Crippen MR) is 101 cm³/mol. The number of hydrogen-bond acceptors (Lipinski definition) is 9. The number of carbonyl (C=O) groups excluding carboxylic acids is 3. The van der Waals surface area contributed by atoms with Crippen LogP contribution >= 0.6 is 34.9 Å². The summed E-state index contributed by atoms with van der Waals surface area (Å²) in [4.78, 5) is 38.2. The summed E-state index contributed by atoms with van der Waals surface area (Å²) in [7, 11) is 0. The van der Waals surface area contributed by atoms with Crippen LogP contribution in [-0.4, -0.2) is 51.0 Å². The van der Waals surface area contributed by atoms with Gasteiger partial charge in [0.05, 0.1) is 18.1 Å². The van der Waals surface area contributed by atoms with Gasteiger partial charge < -0.3 is 15.5 Å². The Hall–Kier alpha value is -1.85. The van der Waals surface area contributed by atoms with E-state index in [9.17, 15) is 14.4 Å². The fourth-order valence-corrected chi connectivity index (χ4v) is 4.85. The fraction of sp³-hybridized carbons (Fsp3) is 0.400. The number of rotatable bonds is 9. The molecule has 140 valence electrons. The van der Waals surface area contributed by atoms with Crippen molar-refractivity contribution in [1.82, 2.24) is 15.2 Å². The Morgan fingerprint density at radius 3 is 2.35 bits per heavy atom. The first kappa shape index (κ1) is 20.5. The molecule has 0 unspecified atom stereocenters. The second-order valence-electron chi connectivity index (χ2n) is 5.15. The van der Waals surface area contributed by atoms with Crippen molar-refractivity contribution in [2.24, 2.45) is 5.73 Å². The first-order valence-corrected chi connectivity index (χ1v) is 10.4. The van der Waals surface area contributed by atoms with Gasteiger partial charge in [-0.05, 0) is 26.3 Å². The van der Waals surface area contributed by atoms with Crippen LogP contribution in [0.3, 0.4) is 0 Å². The molecule has 3 N–H and O–H groups in total. The van der Waals surface area contributed by atoms with Crippen LogP contribution < -0.4 is 5.73 Å². The number of hydrogen-bond donors (Lipinski definition) is 2. The van der Waals surface area contributed by atoms with Gasteiger partial charge in [-0.2, -0.15) is 0 Å². The molecule has 0 fully saturated rings. The van der Waals surface area contributed by atoms with E-state index in [0.29, 0.717) is 31.2 Å². The molecular weight excluding hydrogens is 396 g/mol. The first-order valence-electron chi connectivity index (χ1n) is 7.60. The van der Waals surface area contributed by atoms with E-state index < -0.39 is 11.9 Å². The van der Waals surface area contributed by atoms with E-state index in [4.69, 9.17) is 10.5 Å². The van der Waals surface area contributed by atoms with Crippen molar-refractivity contribution in [3.63, 3.8) is 0 Å². The minimum absolute atomic E-state index is 0.113. The lowest BCUT2D eigenvalue weighted by Crippen LogP contribution is -2.12. The maximum Gasteiger partial charge on any atom is 0.355 e. The van der Waals surface area contributed by atoms with Crippen LogP contribution in [0.4, 0.5) is 0 Å². The zero-order valence-electron chi connectivity index (χ0n) is 14.5. The first-order chi connectivity index (χ1) is 12.3. The van der Waals surface area contributed by atoms with Gasteiger partial charge in [0.25, 0.3) is 0 Å². The number of Topliss-reactive ketones (excluding diaryl/α,β-unsaturated/α-hetero) is 1. The molecule has 0 saturated carbocycles. The highest BCUT2D eigenvalue weighted by atomic mass is 32.2. The van der Waals surface area contributed by atoms with E-state index in [1.807, 2.05) is 0 Å². The van der Waals surface area contributed by atoms with Crippen LogP contribution in [0.15, 0.2) is 8.68 Å². The van der Waals surface area contributed by atoms with Crippen molar-refractivity contribution in [2.45, 2.75) is 29.5 Å². The maximum absolute atomic E-state index is 12.6. The van der Waals surface area contributed by atoms with Crippen molar-refractivity contribution >= 4 is 52.5 Å². The van der Waals surface area contributed by atoms with Crippen molar-refractivity contribution in [3.05, 3.63) is 22.5 Å². The van der Waals surface area contributed by atoms with Gasteiger partial charge in [-0.15, -0.1) is 10.2 Å². The zero-order chi connectivity index (χ0) is 19.3. The third-order valence-electron chi connectivity index (χ3n) is 3.25. The highest BCUT2D eigenvalue weighted by Crippen LogP contribution is 2.30. The molecule has 0 aliphatic rings. The number of ketones is 1. The van der Waals surface area contributed by atoms with Gasteiger partial charge in [0.2, 0.25) is 5.91 Å². The summed E-state index contributed by atoms with van der Waals surface area (Å²) in [5.41, 5.74) is 7.10. The molecule has 8 nitrogen and oxygen atoms in total. The van der Waals surface area contributed by atoms with Crippen molar-refractivity contribution < 1.29 is 19.1 Å². The van der Waals surface area contributed by atoms with E-state index >= 15 is 0 Å². The number of esters is 1. The molecule has 26 heavy (non-hydrogen) atoms. The summed E-state index contributed by atoms with van der Waals surface area (Å²) in [6.45, 7) is 5.46. The zero-order valence-corrected chi connectivity index (χ0v) is 16.9. The maximum atomic E-state index is 12.6. The lowest BCUT2D eigenvalue weighted by Gasteiger charge is -2.02. The highest BCUT2D eigenvalue weighted by molar-refractivity contribution is 8.03. The molecule has 0 spiro atoms. The van der Waals surface area contributed by atoms with Gasteiger partial charge in [0.15, 0.2) is 14.5 Å². The lowest BCUT2D eigenvalue weighted by molar-refractivity contribution is -0.115. The molecule has 0 bridgehead atoms. The van der Waals surface area contributed by atoms with Crippen LogP contribution in [0.2, 0.25) is 0 Å². The van der Waals surface area contributed by atoms with E-state index in [2.05, 4.69) is 15.2 Å². The van der Waals surface area contributed by atoms with E-state index in [0.717, 1.165) is 0 Å². The SMILES string of the molecule is CCOC(=O)c1[nH]c(C)c(C(=O)CSc2nnc(SCC(N)=O)s2)c1C. The number of nitrogens with zero attached hydrogens (tertiary/aromatic N) is 2. The molecule has 2 aromatic rings. The molecule has 0 aliphatic heterocycles. The van der Waals surface area contributed by atoms with Gasteiger partial charge in [-0.1, -0.05) is 34.9 Å². The molecular formula is C15H18N4O4S3. The summed E-state index contributed by atoms with van der Waals surface area (Å²) in [5, 5.41) is 7.93. The number of H-pyrrole nitrogens is 1. The topological polar surface area (TPSA) is 128 Å². The minimum atomic E-state index is -0.472. The molecule has 2 aromatic heterocycles. The van der Waals surface area contributed by atoms with Crippen LogP contribution in [0.1, 0.15) is 39.0 Å². The third-order valence-corrected chi connectivity index (χ3v) is 6.46. The van der Waals surface area contributed by atoms with Crippen molar-refractivity contribution in [2.75, 3.05) is 18.1 Å². The summed E-state index contributed by atoms with van der Waals surface area (Å²) in [6.07, 6.45) is 0. The third kappa shape index (κ3) is 5.08. The Balaban J connectivity index is 2.02. The van der Waals surface area contributed by atoms with Gasteiger partial charge in [0.1, 0.15) is 5.69 Å². The predicted octanol–water partition coefficient (Wildman–Crippen LogP) is 2.21. The fourth-order valence-electron chi connectivity index (χ4n) is 2.22. The number of aromatic amines is 1. The van der Waals surface area contributed by atoms with Crippen molar-refractivity contribution in [3.8, 4) is 0 Å². The Kier molecular flexibility index (Phi) is 7.23. The van der Waals surface area contributed by atoms with Gasteiger partial charge in [-0.25, -0.2) is 4.79 Å². The standard InChI is InChI=1S/C15H18N4O4S3/c1-4-23-13(22)12-7(2)11(8(3)17-12)9(20)5-24-14-18-19-15(26-14)25-6-10(16)21/h17H,4-6H2,1-3H3,(H2,16,21). The molecule has 2 rings (SSSR count). The number of primary amides is 1. The van der Waals surface area contributed by atoms with E-state index in [1.165, 1.54) is 34.9 Å².